The Morgan fingerprint density at radius 2 is 2.00 bits per heavy atom. The zero-order valence-electron chi connectivity index (χ0n) is 11.5. The molecule has 0 bridgehead atoms. The summed E-state index contributed by atoms with van der Waals surface area (Å²) in [6, 6.07) is 0.245. The van der Waals surface area contributed by atoms with Crippen LogP contribution < -0.4 is 11.1 Å². The molecule has 2 rings (SSSR count). The summed E-state index contributed by atoms with van der Waals surface area (Å²) in [6.45, 7) is 3.26. The zero-order chi connectivity index (χ0) is 13.0. The molecule has 0 radical (unpaired) electrons. The first-order valence-corrected chi connectivity index (χ1v) is 7.37. The van der Waals surface area contributed by atoms with Gasteiger partial charge in [-0.2, -0.15) is 0 Å². The molecule has 1 aliphatic carbocycles. The second kappa shape index (κ2) is 6.53. The van der Waals surface area contributed by atoms with Gasteiger partial charge in [-0.15, -0.1) is 0 Å². The van der Waals surface area contributed by atoms with E-state index in [1.807, 2.05) is 0 Å². The van der Waals surface area contributed by atoms with Gasteiger partial charge in [0, 0.05) is 18.5 Å². The summed E-state index contributed by atoms with van der Waals surface area (Å²) in [5.41, 5.74) is 5.84. The highest BCUT2D eigenvalue weighted by Gasteiger charge is 2.27. The molecule has 1 heterocycles. The number of carbonyl (C=O) groups is 1. The van der Waals surface area contributed by atoms with E-state index < -0.39 is 0 Å². The topological polar surface area (TPSA) is 58.4 Å². The lowest BCUT2D eigenvalue weighted by Crippen LogP contribution is -2.34. The molecule has 1 amide bonds. The SMILES string of the molecule is CN1CCC(CCNC(=O)C2CCC(N)C2)CC1. The van der Waals surface area contributed by atoms with Crippen molar-refractivity contribution in [3.63, 3.8) is 0 Å². The maximum Gasteiger partial charge on any atom is 0.223 e. The van der Waals surface area contributed by atoms with E-state index in [9.17, 15) is 4.79 Å². The van der Waals surface area contributed by atoms with E-state index in [-0.39, 0.29) is 17.9 Å². The third kappa shape index (κ3) is 3.95. The molecule has 2 aliphatic rings. The van der Waals surface area contributed by atoms with Crippen molar-refractivity contribution in [1.29, 1.82) is 0 Å². The van der Waals surface area contributed by atoms with E-state index in [1.54, 1.807) is 0 Å². The van der Waals surface area contributed by atoms with Crippen LogP contribution in [0, 0.1) is 11.8 Å². The van der Waals surface area contributed by atoms with E-state index in [0.717, 1.165) is 38.1 Å². The van der Waals surface area contributed by atoms with Crippen molar-refractivity contribution in [3.05, 3.63) is 0 Å². The largest absolute Gasteiger partial charge is 0.356 e. The van der Waals surface area contributed by atoms with E-state index >= 15 is 0 Å². The standard InChI is InChI=1S/C14H27N3O/c1-17-8-5-11(6-9-17)4-7-16-14(18)12-2-3-13(15)10-12/h11-13H,2-10,15H2,1H3,(H,16,18). The number of likely N-dealkylation sites (tertiary alicyclic amines) is 1. The summed E-state index contributed by atoms with van der Waals surface area (Å²) in [5.74, 6) is 1.21. The number of hydrogen-bond acceptors (Lipinski definition) is 3. The molecule has 1 aliphatic heterocycles. The van der Waals surface area contributed by atoms with Gasteiger partial charge < -0.3 is 16.0 Å². The number of piperidine rings is 1. The highest BCUT2D eigenvalue weighted by molar-refractivity contribution is 5.78. The fourth-order valence-electron chi connectivity index (χ4n) is 3.15. The first-order chi connectivity index (χ1) is 8.65. The predicted molar refractivity (Wildman–Crippen MR) is 73.2 cm³/mol. The molecule has 2 fully saturated rings. The Morgan fingerprint density at radius 1 is 1.28 bits per heavy atom. The Morgan fingerprint density at radius 3 is 2.61 bits per heavy atom. The number of amides is 1. The number of hydrogen-bond donors (Lipinski definition) is 2. The van der Waals surface area contributed by atoms with Gasteiger partial charge in [-0.1, -0.05) is 0 Å². The molecule has 104 valence electrons. The lowest BCUT2D eigenvalue weighted by molar-refractivity contribution is -0.124. The Labute approximate surface area is 110 Å². The van der Waals surface area contributed by atoms with Gasteiger partial charge in [-0.05, 0) is 64.6 Å². The van der Waals surface area contributed by atoms with Gasteiger partial charge >= 0.3 is 0 Å². The number of nitrogens with one attached hydrogen (secondary N) is 1. The molecular weight excluding hydrogens is 226 g/mol. The lowest BCUT2D eigenvalue weighted by Gasteiger charge is -2.29. The summed E-state index contributed by atoms with van der Waals surface area (Å²) < 4.78 is 0. The second-order valence-electron chi connectivity index (χ2n) is 6.10. The van der Waals surface area contributed by atoms with Crippen LogP contribution in [-0.2, 0) is 4.79 Å². The number of rotatable bonds is 4. The van der Waals surface area contributed by atoms with Crippen LogP contribution in [0.2, 0.25) is 0 Å². The Bertz CT molecular complexity index is 274. The Hall–Kier alpha value is -0.610. The van der Waals surface area contributed by atoms with Crippen LogP contribution in [-0.4, -0.2) is 43.5 Å². The monoisotopic (exact) mass is 253 g/mol. The van der Waals surface area contributed by atoms with Gasteiger partial charge in [0.2, 0.25) is 5.91 Å². The molecular formula is C14H27N3O. The molecule has 2 atom stereocenters. The van der Waals surface area contributed by atoms with Gasteiger partial charge in [0.05, 0.1) is 0 Å². The molecule has 4 heteroatoms. The quantitative estimate of drug-likeness (QED) is 0.784. The highest BCUT2D eigenvalue weighted by atomic mass is 16.1. The van der Waals surface area contributed by atoms with Crippen LogP contribution in [0.15, 0.2) is 0 Å². The van der Waals surface area contributed by atoms with E-state index in [0.29, 0.717) is 0 Å². The summed E-state index contributed by atoms with van der Waals surface area (Å²) in [7, 11) is 2.18. The molecule has 1 saturated heterocycles. The van der Waals surface area contributed by atoms with Crippen molar-refractivity contribution in [1.82, 2.24) is 10.2 Å². The molecule has 2 unspecified atom stereocenters. The highest BCUT2D eigenvalue weighted by Crippen LogP contribution is 2.24. The van der Waals surface area contributed by atoms with Crippen molar-refractivity contribution in [2.24, 2.45) is 17.6 Å². The minimum absolute atomic E-state index is 0.178. The van der Waals surface area contributed by atoms with Gasteiger partial charge in [-0.25, -0.2) is 0 Å². The maximum absolute atomic E-state index is 11.9. The number of nitrogens with two attached hydrogens (primary N) is 1. The van der Waals surface area contributed by atoms with Crippen LogP contribution in [0.3, 0.4) is 0 Å². The fourth-order valence-corrected chi connectivity index (χ4v) is 3.15. The van der Waals surface area contributed by atoms with Crippen molar-refractivity contribution >= 4 is 5.91 Å². The molecule has 3 N–H and O–H groups in total. The minimum atomic E-state index is 0.178. The van der Waals surface area contributed by atoms with Crippen molar-refractivity contribution in [2.75, 3.05) is 26.7 Å². The molecule has 0 aromatic heterocycles. The first kappa shape index (κ1) is 13.8. The first-order valence-electron chi connectivity index (χ1n) is 7.37. The van der Waals surface area contributed by atoms with Crippen LogP contribution in [0.25, 0.3) is 0 Å². The molecule has 18 heavy (non-hydrogen) atoms. The van der Waals surface area contributed by atoms with Gasteiger partial charge in [0.1, 0.15) is 0 Å². The average Bonchev–Trinajstić information content (AvgIpc) is 2.78. The molecule has 0 aromatic carbocycles. The van der Waals surface area contributed by atoms with Crippen molar-refractivity contribution in [2.45, 2.75) is 44.6 Å². The average molecular weight is 253 g/mol. The smallest absolute Gasteiger partial charge is 0.223 e. The van der Waals surface area contributed by atoms with Crippen molar-refractivity contribution in [3.8, 4) is 0 Å². The van der Waals surface area contributed by atoms with Crippen LogP contribution in [0.1, 0.15) is 38.5 Å². The van der Waals surface area contributed by atoms with Crippen LogP contribution in [0.4, 0.5) is 0 Å². The summed E-state index contributed by atoms with van der Waals surface area (Å²) in [4.78, 5) is 14.3. The number of nitrogens with zero attached hydrogens (tertiary/aromatic N) is 1. The van der Waals surface area contributed by atoms with E-state index in [2.05, 4.69) is 17.3 Å². The lowest BCUT2D eigenvalue weighted by atomic mass is 9.94. The third-order valence-corrected chi connectivity index (χ3v) is 4.53. The van der Waals surface area contributed by atoms with Gasteiger partial charge in [0.25, 0.3) is 0 Å². The molecule has 1 saturated carbocycles. The summed E-state index contributed by atoms with van der Waals surface area (Å²) in [6.07, 6.45) is 6.55. The predicted octanol–water partition coefficient (Wildman–Crippen LogP) is 0.962. The molecule has 0 spiro atoms. The Balaban J connectivity index is 1.59. The summed E-state index contributed by atoms with van der Waals surface area (Å²) >= 11 is 0. The van der Waals surface area contributed by atoms with Crippen LogP contribution >= 0.6 is 0 Å². The van der Waals surface area contributed by atoms with E-state index in [4.69, 9.17) is 5.73 Å². The van der Waals surface area contributed by atoms with Gasteiger partial charge in [-0.3, -0.25) is 4.79 Å². The number of carbonyl (C=O) groups excluding carboxylic acids is 1. The fraction of sp³-hybridized carbons (Fsp3) is 0.929. The second-order valence-corrected chi connectivity index (χ2v) is 6.10. The van der Waals surface area contributed by atoms with Gasteiger partial charge in [0.15, 0.2) is 0 Å². The molecule has 0 aromatic rings. The normalized spacial score (nSPS) is 30.6. The van der Waals surface area contributed by atoms with Crippen molar-refractivity contribution < 1.29 is 4.79 Å². The van der Waals surface area contributed by atoms with E-state index in [1.165, 1.54) is 25.9 Å². The maximum atomic E-state index is 11.9. The molecule has 4 nitrogen and oxygen atoms in total. The zero-order valence-corrected chi connectivity index (χ0v) is 11.5. The summed E-state index contributed by atoms with van der Waals surface area (Å²) in [5, 5.41) is 3.10. The minimum Gasteiger partial charge on any atom is -0.356 e. The Kier molecular flexibility index (Phi) is 5.01. The van der Waals surface area contributed by atoms with Crippen LogP contribution in [0.5, 0.6) is 0 Å². The third-order valence-electron chi connectivity index (χ3n) is 4.53.